The van der Waals surface area contributed by atoms with Crippen molar-refractivity contribution in [2.24, 2.45) is 16.6 Å². The SMILES string of the molecule is CCCN1C(N)=NCC1(COC)C1CC1. The van der Waals surface area contributed by atoms with E-state index in [0.717, 1.165) is 32.0 Å². The Labute approximate surface area is 91.5 Å². The minimum absolute atomic E-state index is 0.0782. The molecule has 1 atom stereocenters. The van der Waals surface area contributed by atoms with E-state index in [1.807, 2.05) is 0 Å². The Kier molecular flexibility index (Phi) is 2.87. The third kappa shape index (κ3) is 1.71. The van der Waals surface area contributed by atoms with Crippen LogP contribution in [0, 0.1) is 5.92 Å². The van der Waals surface area contributed by atoms with Gasteiger partial charge in [-0.05, 0) is 25.2 Å². The zero-order valence-corrected chi connectivity index (χ0v) is 9.70. The fraction of sp³-hybridized carbons (Fsp3) is 0.909. The van der Waals surface area contributed by atoms with Crippen LogP contribution in [0.25, 0.3) is 0 Å². The lowest BCUT2D eigenvalue weighted by atomic mass is 9.93. The molecule has 2 N–H and O–H groups in total. The summed E-state index contributed by atoms with van der Waals surface area (Å²) >= 11 is 0. The minimum atomic E-state index is 0.0782. The van der Waals surface area contributed by atoms with Crippen LogP contribution in [0.3, 0.4) is 0 Å². The summed E-state index contributed by atoms with van der Waals surface area (Å²) in [6, 6.07) is 0. The van der Waals surface area contributed by atoms with Crippen molar-refractivity contribution in [3.05, 3.63) is 0 Å². The molecule has 1 unspecified atom stereocenters. The van der Waals surface area contributed by atoms with E-state index < -0.39 is 0 Å². The van der Waals surface area contributed by atoms with Crippen molar-refractivity contribution in [1.82, 2.24) is 4.90 Å². The number of guanidine groups is 1. The fourth-order valence-corrected chi connectivity index (χ4v) is 2.64. The molecule has 1 fully saturated rings. The molecule has 2 aliphatic rings. The highest BCUT2D eigenvalue weighted by atomic mass is 16.5. The average Bonchev–Trinajstić information content (AvgIpc) is 3.01. The maximum atomic E-state index is 5.96. The van der Waals surface area contributed by atoms with E-state index in [-0.39, 0.29) is 5.54 Å². The van der Waals surface area contributed by atoms with Crippen molar-refractivity contribution in [2.75, 3.05) is 26.8 Å². The highest BCUT2D eigenvalue weighted by molar-refractivity contribution is 5.81. The van der Waals surface area contributed by atoms with Crippen LogP contribution >= 0.6 is 0 Å². The van der Waals surface area contributed by atoms with Gasteiger partial charge in [-0.3, -0.25) is 4.99 Å². The molecule has 0 bridgehead atoms. The molecule has 86 valence electrons. The van der Waals surface area contributed by atoms with Gasteiger partial charge >= 0.3 is 0 Å². The summed E-state index contributed by atoms with van der Waals surface area (Å²) in [5.41, 5.74) is 6.04. The maximum Gasteiger partial charge on any atom is 0.191 e. The molecule has 1 saturated carbocycles. The third-order valence-corrected chi connectivity index (χ3v) is 3.51. The number of hydrogen-bond donors (Lipinski definition) is 1. The number of hydrogen-bond acceptors (Lipinski definition) is 4. The van der Waals surface area contributed by atoms with E-state index in [2.05, 4.69) is 16.8 Å². The summed E-state index contributed by atoms with van der Waals surface area (Å²) in [4.78, 5) is 6.68. The molecule has 0 aromatic carbocycles. The van der Waals surface area contributed by atoms with Gasteiger partial charge in [0.1, 0.15) is 0 Å². The Balaban J connectivity index is 2.16. The van der Waals surface area contributed by atoms with Crippen LogP contribution in [0.1, 0.15) is 26.2 Å². The van der Waals surface area contributed by atoms with Gasteiger partial charge in [0, 0.05) is 13.7 Å². The summed E-state index contributed by atoms with van der Waals surface area (Å²) in [6.07, 6.45) is 3.70. The molecule has 0 amide bonds. The van der Waals surface area contributed by atoms with Crippen LogP contribution in [-0.4, -0.2) is 43.2 Å². The van der Waals surface area contributed by atoms with Gasteiger partial charge in [0.05, 0.1) is 18.7 Å². The van der Waals surface area contributed by atoms with Crippen LogP contribution in [-0.2, 0) is 4.74 Å². The van der Waals surface area contributed by atoms with Gasteiger partial charge in [-0.15, -0.1) is 0 Å². The Hall–Kier alpha value is -0.770. The Morgan fingerprint density at radius 3 is 2.87 bits per heavy atom. The first-order valence-corrected chi connectivity index (χ1v) is 5.81. The molecule has 0 radical (unpaired) electrons. The summed E-state index contributed by atoms with van der Waals surface area (Å²) < 4.78 is 5.38. The van der Waals surface area contributed by atoms with Gasteiger partial charge in [-0.2, -0.15) is 0 Å². The first-order chi connectivity index (χ1) is 7.24. The van der Waals surface area contributed by atoms with Crippen molar-refractivity contribution in [1.29, 1.82) is 0 Å². The lowest BCUT2D eigenvalue weighted by molar-refractivity contribution is 0.0507. The maximum absolute atomic E-state index is 5.96. The number of aliphatic imine (C=N–C) groups is 1. The summed E-state index contributed by atoms with van der Waals surface area (Å²) in [5, 5.41) is 0. The molecule has 4 heteroatoms. The molecule has 15 heavy (non-hydrogen) atoms. The van der Waals surface area contributed by atoms with Crippen LogP contribution in [0.5, 0.6) is 0 Å². The molecule has 0 spiro atoms. The van der Waals surface area contributed by atoms with Crippen LogP contribution in [0.15, 0.2) is 4.99 Å². The van der Waals surface area contributed by atoms with Crippen LogP contribution < -0.4 is 5.73 Å². The van der Waals surface area contributed by atoms with Crippen LogP contribution in [0.4, 0.5) is 0 Å². The van der Waals surface area contributed by atoms with E-state index in [0.29, 0.717) is 5.96 Å². The first kappa shape index (κ1) is 10.7. The number of nitrogens with zero attached hydrogens (tertiary/aromatic N) is 2. The Morgan fingerprint density at radius 2 is 2.33 bits per heavy atom. The standard InChI is InChI=1S/C11H21N3O/c1-3-6-14-10(12)13-7-11(14,8-15-2)9-4-5-9/h9H,3-8H2,1-2H3,(H2,12,13). The molecule has 4 nitrogen and oxygen atoms in total. The normalized spacial score (nSPS) is 30.8. The second-order valence-corrected chi connectivity index (χ2v) is 4.64. The summed E-state index contributed by atoms with van der Waals surface area (Å²) in [5.74, 6) is 1.44. The van der Waals surface area contributed by atoms with E-state index in [9.17, 15) is 0 Å². The zero-order chi connectivity index (χ0) is 10.9. The van der Waals surface area contributed by atoms with Gasteiger partial charge in [-0.25, -0.2) is 0 Å². The fourth-order valence-electron chi connectivity index (χ4n) is 2.64. The van der Waals surface area contributed by atoms with E-state index in [1.54, 1.807) is 7.11 Å². The third-order valence-electron chi connectivity index (χ3n) is 3.51. The molecule has 1 aliphatic carbocycles. The average molecular weight is 211 g/mol. The van der Waals surface area contributed by atoms with Crippen molar-refractivity contribution in [3.63, 3.8) is 0 Å². The smallest absolute Gasteiger partial charge is 0.191 e. The lowest BCUT2D eigenvalue weighted by Gasteiger charge is -2.39. The van der Waals surface area contributed by atoms with Gasteiger partial charge in [-0.1, -0.05) is 6.92 Å². The predicted molar refractivity (Wildman–Crippen MR) is 60.8 cm³/mol. The van der Waals surface area contributed by atoms with E-state index in [4.69, 9.17) is 10.5 Å². The zero-order valence-electron chi connectivity index (χ0n) is 9.70. The van der Waals surface area contributed by atoms with Gasteiger partial charge in [0.15, 0.2) is 5.96 Å². The number of rotatable bonds is 5. The summed E-state index contributed by atoms with van der Waals surface area (Å²) in [6.45, 7) is 4.74. The second-order valence-electron chi connectivity index (χ2n) is 4.64. The van der Waals surface area contributed by atoms with Crippen molar-refractivity contribution < 1.29 is 4.74 Å². The molecule has 2 rings (SSSR count). The molecular formula is C11H21N3O. The van der Waals surface area contributed by atoms with Gasteiger partial charge < -0.3 is 15.4 Å². The Morgan fingerprint density at radius 1 is 1.60 bits per heavy atom. The van der Waals surface area contributed by atoms with Crippen molar-refractivity contribution >= 4 is 5.96 Å². The topological polar surface area (TPSA) is 50.8 Å². The highest BCUT2D eigenvalue weighted by Crippen LogP contribution is 2.45. The molecule has 0 aromatic heterocycles. The van der Waals surface area contributed by atoms with E-state index in [1.165, 1.54) is 12.8 Å². The molecule has 1 heterocycles. The van der Waals surface area contributed by atoms with Gasteiger partial charge in [0.25, 0.3) is 0 Å². The highest BCUT2D eigenvalue weighted by Gasteiger charge is 2.52. The number of nitrogens with two attached hydrogens (primary N) is 1. The summed E-state index contributed by atoms with van der Waals surface area (Å²) in [7, 11) is 1.77. The molecular weight excluding hydrogens is 190 g/mol. The minimum Gasteiger partial charge on any atom is -0.382 e. The van der Waals surface area contributed by atoms with Crippen molar-refractivity contribution in [3.8, 4) is 0 Å². The molecule has 1 aliphatic heterocycles. The van der Waals surface area contributed by atoms with Crippen LogP contribution in [0.2, 0.25) is 0 Å². The van der Waals surface area contributed by atoms with Gasteiger partial charge in [0.2, 0.25) is 0 Å². The number of methoxy groups -OCH3 is 1. The number of ether oxygens (including phenoxy) is 1. The largest absolute Gasteiger partial charge is 0.382 e. The lowest BCUT2D eigenvalue weighted by Crippen LogP contribution is -2.56. The first-order valence-electron chi connectivity index (χ1n) is 5.81. The monoisotopic (exact) mass is 211 g/mol. The quantitative estimate of drug-likeness (QED) is 0.732. The predicted octanol–water partition coefficient (Wildman–Crippen LogP) is 0.822. The Bertz CT molecular complexity index is 263. The molecule has 0 saturated heterocycles. The molecule has 0 aromatic rings. The van der Waals surface area contributed by atoms with E-state index >= 15 is 0 Å². The van der Waals surface area contributed by atoms with Crippen molar-refractivity contribution in [2.45, 2.75) is 31.7 Å². The second kappa shape index (κ2) is 4.00.